The van der Waals surface area contributed by atoms with E-state index in [0.717, 1.165) is 30.8 Å². The van der Waals surface area contributed by atoms with Crippen molar-refractivity contribution in [2.75, 3.05) is 25.5 Å². The van der Waals surface area contributed by atoms with Gasteiger partial charge in [0.1, 0.15) is 5.75 Å². The first kappa shape index (κ1) is 23.8. The molecule has 3 rings (SSSR count). The second-order valence-electron chi connectivity index (χ2n) is 7.51. The molecule has 0 radical (unpaired) electrons. The summed E-state index contributed by atoms with van der Waals surface area (Å²) in [5.74, 6) is 1.40. The summed E-state index contributed by atoms with van der Waals surface area (Å²) in [4.78, 5) is 23.8. The molecule has 1 fully saturated rings. The topological polar surface area (TPSA) is 89.0 Å². The van der Waals surface area contributed by atoms with Crippen molar-refractivity contribution in [3.63, 3.8) is 0 Å². The monoisotopic (exact) mass is 455 g/mol. The van der Waals surface area contributed by atoms with Gasteiger partial charge in [-0.25, -0.2) is 5.43 Å². The fourth-order valence-corrected chi connectivity index (χ4v) is 4.02. The number of nitrogens with zero attached hydrogens (tertiary/aromatic N) is 1. The number of rotatable bonds is 11. The van der Waals surface area contributed by atoms with Gasteiger partial charge in [-0.3, -0.25) is 9.59 Å². The Labute approximate surface area is 193 Å². The summed E-state index contributed by atoms with van der Waals surface area (Å²) in [5.41, 5.74) is 5.81. The van der Waals surface area contributed by atoms with Crippen LogP contribution in [0.2, 0.25) is 0 Å². The van der Waals surface area contributed by atoms with E-state index < -0.39 is 0 Å². The largest absolute Gasteiger partial charge is 0.484 e. The van der Waals surface area contributed by atoms with Crippen LogP contribution < -0.4 is 15.5 Å². The van der Waals surface area contributed by atoms with Crippen molar-refractivity contribution in [2.24, 2.45) is 5.10 Å². The van der Waals surface area contributed by atoms with Crippen LogP contribution >= 0.6 is 11.8 Å². The zero-order valence-electron chi connectivity index (χ0n) is 18.2. The number of ether oxygens (including phenoxy) is 2. The molecule has 2 aromatic carbocycles. The lowest BCUT2D eigenvalue weighted by Gasteiger charge is -2.11. The standard InChI is InChI=1S/C24H29N3O4S/c1-18-5-2-3-6-20(18)16-32-17-24(29)27-26-13-19-8-10-21(11-9-19)31-15-23(28)25-14-22-7-4-12-30-22/h2-3,5-6,8-11,13,22H,4,7,12,14-17H2,1H3,(H,25,28)(H,27,29)/b26-13-/t22-/m1/s1. The molecule has 2 amide bonds. The average Bonchev–Trinajstić information content (AvgIpc) is 3.32. The molecule has 1 aliphatic heterocycles. The Morgan fingerprint density at radius 1 is 1.19 bits per heavy atom. The molecule has 0 spiro atoms. The van der Waals surface area contributed by atoms with Gasteiger partial charge in [-0.15, -0.1) is 11.8 Å². The summed E-state index contributed by atoms with van der Waals surface area (Å²) >= 11 is 1.55. The normalized spacial score (nSPS) is 15.6. The number of hydrazone groups is 1. The molecule has 0 aliphatic carbocycles. The third-order valence-electron chi connectivity index (χ3n) is 4.96. The van der Waals surface area contributed by atoms with Crippen LogP contribution in [0, 0.1) is 6.92 Å². The second kappa shape index (κ2) is 12.9. The van der Waals surface area contributed by atoms with Crippen LogP contribution in [0.5, 0.6) is 5.75 Å². The lowest BCUT2D eigenvalue weighted by atomic mass is 10.1. The molecule has 1 heterocycles. The molecule has 32 heavy (non-hydrogen) atoms. The molecular formula is C24H29N3O4S. The van der Waals surface area contributed by atoms with Crippen molar-refractivity contribution in [3.8, 4) is 5.75 Å². The predicted octanol–water partition coefficient (Wildman–Crippen LogP) is 3.05. The molecule has 0 unspecified atom stereocenters. The first-order valence-corrected chi connectivity index (χ1v) is 11.8. The first-order chi connectivity index (χ1) is 15.6. The molecule has 0 aromatic heterocycles. The van der Waals surface area contributed by atoms with Gasteiger partial charge < -0.3 is 14.8 Å². The van der Waals surface area contributed by atoms with Crippen molar-refractivity contribution < 1.29 is 19.1 Å². The van der Waals surface area contributed by atoms with E-state index in [2.05, 4.69) is 34.9 Å². The summed E-state index contributed by atoms with van der Waals surface area (Å²) in [6.07, 6.45) is 3.71. The highest BCUT2D eigenvalue weighted by Gasteiger charge is 2.16. The quantitative estimate of drug-likeness (QED) is 0.402. The van der Waals surface area contributed by atoms with Crippen LogP contribution in [0.1, 0.15) is 29.5 Å². The van der Waals surface area contributed by atoms with Crippen LogP contribution in [0.4, 0.5) is 0 Å². The number of hydrogen-bond acceptors (Lipinski definition) is 6. The van der Waals surface area contributed by atoms with Crippen LogP contribution in [-0.4, -0.2) is 49.6 Å². The minimum Gasteiger partial charge on any atom is -0.484 e. The third kappa shape index (κ3) is 8.36. The van der Waals surface area contributed by atoms with Gasteiger partial charge in [0, 0.05) is 18.9 Å². The maximum atomic E-state index is 11.9. The zero-order chi connectivity index (χ0) is 22.6. The number of nitrogens with one attached hydrogen (secondary N) is 2. The van der Waals surface area contributed by atoms with Gasteiger partial charge in [-0.2, -0.15) is 5.10 Å². The van der Waals surface area contributed by atoms with E-state index in [-0.39, 0.29) is 24.5 Å². The first-order valence-electron chi connectivity index (χ1n) is 10.7. The summed E-state index contributed by atoms with van der Waals surface area (Å²) < 4.78 is 11.0. The number of hydrogen-bond donors (Lipinski definition) is 2. The minimum absolute atomic E-state index is 0.0453. The maximum Gasteiger partial charge on any atom is 0.258 e. The fourth-order valence-electron chi connectivity index (χ4n) is 3.12. The molecule has 1 aliphatic rings. The lowest BCUT2D eigenvalue weighted by Crippen LogP contribution is -2.35. The van der Waals surface area contributed by atoms with Gasteiger partial charge in [0.05, 0.1) is 18.1 Å². The Morgan fingerprint density at radius 3 is 2.75 bits per heavy atom. The molecule has 0 saturated carbocycles. The van der Waals surface area contributed by atoms with Crippen LogP contribution in [0.15, 0.2) is 53.6 Å². The van der Waals surface area contributed by atoms with Gasteiger partial charge >= 0.3 is 0 Å². The molecule has 2 aromatic rings. The Bertz CT molecular complexity index is 912. The molecule has 1 saturated heterocycles. The Hall–Kier alpha value is -2.84. The van der Waals surface area contributed by atoms with E-state index in [4.69, 9.17) is 9.47 Å². The number of carbonyl (C=O) groups is 2. The highest BCUT2D eigenvalue weighted by Crippen LogP contribution is 2.15. The predicted molar refractivity (Wildman–Crippen MR) is 127 cm³/mol. The molecule has 170 valence electrons. The SMILES string of the molecule is Cc1ccccc1CSCC(=O)N/N=C\c1ccc(OCC(=O)NC[C@H]2CCCO2)cc1. The van der Waals surface area contributed by atoms with Crippen molar-refractivity contribution in [2.45, 2.75) is 31.6 Å². The van der Waals surface area contributed by atoms with E-state index in [0.29, 0.717) is 18.0 Å². The maximum absolute atomic E-state index is 11.9. The lowest BCUT2D eigenvalue weighted by molar-refractivity contribution is -0.123. The summed E-state index contributed by atoms with van der Waals surface area (Å²) in [6.45, 7) is 3.31. The smallest absolute Gasteiger partial charge is 0.258 e. The van der Waals surface area contributed by atoms with Gasteiger partial charge in [0.25, 0.3) is 5.91 Å². The van der Waals surface area contributed by atoms with Gasteiger partial charge in [-0.1, -0.05) is 24.3 Å². The Kier molecular flexibility index (Phi) is 9.59. The van der Waals surface area contributed by atoms with E-state index >= 15 is 0 Å². The van der Waals surface area contributed by atoms with Crippen LogP contribution in [-0.2, 0) is 20.1 Å². The molecule has 7 nitrogen and oxygen atoms in total. The number of aryl methyl sites for hydroxylation is 1. The fraction of sp³-hybridized carbons (Fsp3) is 0.375. The number of amides is 2. The Balaban J connectivity index is 1.31. The highest BCUT2D eigenvalue weighted by atomic mass is 32.2. The van der Waals surface area contributed by atoms with Crippen LogP contribution in [0.3, 0.4) is 0 Å². The molecule has 8 heteroatoms. The summed E-state index contributed by atoms with van der Waals surface area (Å²) in [6, 6.07) is 15.3. The molecule has 0 bridgehead atoms. The van der Waals surface area contributed by atoms with Gasteiger partial charge in [-0.05, 0) is 60.7 Å². The van der Waals surface area contributed by atoms with E-state index in [1.54, 1.807) is 30.1 Å². The summed E-state index contributed by atoms with van der Waals surface area (Å²) in [7, 11) is 0. The van der Waals surface area contributed by atoms with Crippen molar-refractivity contribution in [1.29, 1.82) is 0 Å². The van der Waals surface area contributed by atoms with Gasteiger partial charge in [0.15, 0.2) is 6.61 Å². The third-order valence-corrected chi connectivity index (χ3v) is 5.94. The van der Waals surface area contributed by atoms with Crippen molar-refractivity contribution >= 4 is 29.8 Å². The van der Waals surface area contributed by atoms with E-state index in [1.807, 2.05) is 24.3 Å². The van der Waals surface area contributed by atoms with E-state index in [1.165, 1.54) is 11.1 Å². The average molecular weight is 456 g/mol. The van der Waals surface area contributed by atoms with Crippen molar-refractivity contribution in [1.82, 2.24) is 10.7 Å². The number of benzene rings is 2. The summed E-state index contributed by atoms with van der Waals surface area (Å²) in [5, 5.41) is 6.82. The number of carbonyl (C=O) groups excluding carboxylic acids is 2. The van der Waals surface area contributed by atoms with Crippen molar-refractivity contribution in [3.05, 3.63) is 65.2 Å². The second-order valence-corrected chi connectivity index (χ2v) is 8.49. The van der Waals surface area contributed by atoms with Gasteiger partial charge in [0.2, 0.25) is 5.91 Å². The molecular weight excluding hydrogens is 426 g/mol. The van der Waals surface area contributed by atoms with Crippen LogP contribution in [0.25, 0.3) is 0 Å². The number of thioether (sulfide) groups is 1. The zero-order valence-corrected chi connectivity index (χ0v) is 19.0. The highest BCUT2D eigenvalue weighted by molar-refractivity contribution is 7.99. The minimum atomic E-state index is -0.172. The van der Waals surface area contributed by atoms with E-state index in [9.17, 15) is 9.59 Å². The Morgan fingerprint density at radius 2 is 2.00 bits per heavy atom. The molecule has 1 atom stereocenters. The molecule has 2 N–H and O–H groups in total.